The molecule has 0 saturated carbocycles. The molecule has 3 N–H and O–H groups in total. The van der Waals surface area contributed by atoms with E-state index in [1.54, 1.807) is 16.7 Å². The van der Waals surface area contributed by atoms with Gasteiger partial charge in [0.25, 0.3) is 0 Å². The number of nitrogen functional groups attached to an aromatic ring is 1. The molecular formula is C11H13N3O2. The molecule has 1 heterocycles. The smallest absolute Gasteiger partial charge is 0.323 e. The maximum absolute atomic E-state index is 10.8. The number of imidazole rings is 1. The van der Waals surface area contributed by atoms with Gasteiger partial charge in [-0.2, -0.15) is 0 Å². The lowest BCUT2D eigenvalue weighted by Crippen LogP contribution is -2.11. The number of fused-ring (bicyclic) bond motifs is 1. The molecule has 0 unspecified atom stereocenters. The van der Waals surface area contributed by atoms with Crippen molar-refractivity contribution in [3.8, 4) is 0 Å². The van der Waals surface area contributed by atoms with Crippen LogP contribution in [0.4, 0.5) is 5.69 Å². The van der Waals surface area contributed by atoms with Gasteiger partial charge in [-0.1, -0.05) is 13.0 Å². The molecule has 5 nitrogen and oxygen atoms in total. The van der Waals surface area contributed by atoms with Crippen molar-refractivity contribution in [2.75, 3.05) is 5.73 Å². The Morgan fingerprint density at radius 3 is 2.94 bits per heavy atom. The molecule has 0 aliphatic rings. The first-order chi connectivity index (χ1) is 7.63. The molecule has 0 radical (unpaired) electrons. The number of rotatable bonds is 3. The molecule has 1 aromatic carbocycles. The van der Waals surface area contributed by atoms with Gasteiger partial charge in [0.1, 0.15) is 17.9 Å². The van der Waals surface area contributed by atoms with Gasteiger partial charge in [-0.05, 0) is 12.1 Å². The second-order valence-electron chi connectivity index (χ2n) is 3.58. The summed E-state index contributed by atoms with van der Waals surface area (Å²) in [6.07, 6.45) is 0.682. The molecule has 2 aromatic rings. The third-order valence-corrected chi connectivity index (χ3v) is 2.50. The van der Waals surface area contributed by atoms with Crippen LogP contribution >= 0.6 is 0 Å². The summed E-state index contributed by atoms with van der Waals surface area (Å²) in [6.45, 7) is 1.86. The number of nitrogens with zero attached hydrogens (tertiary/aromatic N) is 2. The molecule has 16 heavy (non-hydrogen) atoms. The highest BCUT2D eigenvalue weighted by Gasteiger charge is 2.12. The highest BCUT2D eigenvalue weighted by molar-refractivity contribution is 5.88. The Morgan fingerprint density at radius 1 is 1.56 bits per heavy atom. The van der Waals surface area contributed by atoms with E-state index in [1.165, 1.54) is 0 Å². The molecule has 0 saturated heterocycles. The Morgan fingerprint density at radius 2 is 2.31 bits per heavy atom. The van der Waals surface area contributed by atoms with Gasteiger partial charge < -0.3 is 15.4 Å². The van der Waals surface area contributed by atoms with Crippen LogP contribution in [0.2, 0.25) is 0 Å². The lowest BCUT2D eigenvalue weighted by molar-refractivity contribution is -0.137. The van der Waals surface area contributed by atoms with Gasteiger partial charge in [0.05, 0.1) is 11.2 Å². The number of hydrogen-bond donors (Lipinski definition) is 2. The molecule has 0 bridgehead atoms. The monoisotopic (exact) mass is 219 g/mol. The van der Waals surface area contributed by atoms with Crippen LogP contribution in [-0.2, 0) is 17.8 Å². The molecule has 5 heteroatoms. The molecule has 0 atom stereocenters. The molecule has 0 fully saturated rings. The van der Waals surface area contributed by atoms with Crippen LogP contribution in [0.15, 0.2) is 18.2 Å². The van der Waals surface area contributed by atoms with Gasteiger partial charge in [0, 0.05) is 6.42 Å². The van der Waals surface area contributed by atoms with Crippen molar-refractivity contribution in [1.82, 2.24) is 9.55 Å². The van der Waals surface area contributed by atoms with Crippen molar-refractivity contribution < 1.29 is 9.90 Å². The summed E-state index contributed by atoms with van der Waals surface area (Å²) in [6, 6.07) is 5.40. The fourth-order valence-electron chi connectivity index (χ4n) is 1.80. The number of para-hydroxylation sites is 1. The Kier molecular flexibility index (Phi) is 2.52. The van der Waals surface area contributed by atoms with Gasteiger partial charge in [-0.15, -0.1) is 0 Å². The number of carbonyl (C=O) groups is 1. The van der Waals surface area contributed by atoms with E-state index in [4.69, 9.17) is 10.8 Å². The van der Waals surface area contributed by atoms with E-state index in [2.05, 4.69) is 4.98 Å². The standard InChI is InChI=1S/C11H13N3O2/c1-2-9-13-11-7(12)4-3-5-8(11)14(9)6-10(15)16/h3-5H,2,6,12H2,1H3,(H,15,16). The second-order valence-corrected chi connectivity index (χ2v) is 3.58. The van der Waals surface area contributed by atoms with Crippen LogP contribution in [0.3, 0.4) is 0 Å². The average molecular weight is 219 g/mol. The number of nitrogens with two attached hydrogens (primary N) is 1. The summed E-state index contributed by atoms with van der Waals surface area (Å²) >= 11 is 0. The van der Waals surface area contributed by atoms with Gasteiger partial charge in [-0.25, -0.2) is 4.98 Å². The molecule has 2 rings (SSSR count). The Bertz CT molecular complexity index is 545. The molecule has 0 amide bonds. The fourth-order valence-corrected chi connectivity index (χ4v) is 1.80. The van der Waals surface area contributed by atoms with Crippen molar-refractivity contribution in [1.29, 1.82) is 0 Å². The Balaban J connectivity index is 2.68. The van der Waals surface area contributed by atoms with E-state index in [1.807, 2.05) is 13.0 Å². The minimum absolute atomic E-state index is 0.0802. The maximum atomic E-state index is 10.8. The minimum Gasteiger partial charge on any atom is -0.480 e. The van der Waals surface area contributed by atoms with Crippen LogP contribution in [0, 0.1) is 0 Å². The van der Waals surface area contributed by atoms with E-state index in [0.29, 0.717) is 17.6 Å². The summed E-state index contributed by atoms with van der Waals surface area (Å²) in [5.74, 6) is -0.133. The summed E-state index contributed by atoms with van der Waals surface area (Å²) in [4.78, 5) is 15.1. The van der Waals surface area contributed by atoms with E-state index < -0.39 is 5.97 Å². The Labute approximate surface area is 92.5 Å². The molecule has 1 aromatic heterocycles. The number of aliphatic carboxylic acids is 1. The average Bonchev–Trinajstić information content (AvgIpc) is 2.58. The van der Waals surface area contributed by atoms with Gasteiger partial charge >= 0.3 is 5.97 Å². The van der Waals surface area contributed by atoms with Crippen molar-refractivity contribution >= 4 is 22.7 Å². The zero-order valence-corrected chi connectivity index (χ0v) is 8.97. The number of aromatic nitrogens is 2. The third kappa shape index (κ3) is 1.60. The number of aryl methyl sites for hydroxylation is 1. The van der Waals surface area contributed by atoms with Crippen LogP contribution in [-0.4, -0.2) is 20.6 Å². The van der Waals surface area contributed by atoms with Crippen LogP contribution < -0.4 is 5.73 Å². The maximum Gasteiger partial charge on any atom is 0.323 e. The molecule has 0 aliphatic carbocycles. The first-order valence-corrected chi connectivity index (χ1v) is 5.09. The topological polar surface area (TPSA) is 81.1 Å². The van der Waals surface area contributed by atoms with Crippen molar-refractivity contribution in [3.63, 3.8) is 0 Å². The molecule has 0 spiro atoms. The van der Waals surface area contributed by atoms with Gasteiger partial charge in [0.15, 0.2) is 0 Å². The van der Waals surface area contributed by atoms with Crippen LogP contribution in [0.25, 0.3) is 11.0 Å². The first kappa shape index (κ1) is 10.5. The third-order valence-electron chi connectivity index (χ3n) is 2.50. The quantitative estimate of drug-likeness (QED) is 0.761. The van der Waals surface area contributed by atoms with Gasteiger partial charge in [0.2, 0.25) is 0 Å². The van der Waals surface area contributed by atoms with E-state index in [0.717, 1.165) is 11.3 Å². The first-order valence-electron chi connectivity index (χ1n) is 5.09. The van der Waals surface area contributed by atoms with Crippen molar-refractivity contribution in [3.05, 3.63) is 24.0 Å². The second kappa shape index (κ2) is 3.84. The highest BCUT2D eigenvalue weighted by atomic mass is 16.4. The number of benzene rings is 1. The van der Waals surface area contributed by atoms with Crippen molar-refractivity contribution in [2.24, 2.45) is 0 Å². The predicted molar refractivity (Wildman–Crippen MR) is 61.2 cm³/mol. The largest absolute Gasteiger partial charge is 0.480 e. The number of anilines is 1. The lowest BCUT2D eigenvalue weighted by atomic mass is 10.3. The van der Waals surface area contributed by atoms with E-state index in [-0.39, 0.29) is 6.54 Å². The summed E-state index contributed by atoms with van der Waals surface area (Å²) < 4.78 is 1.69. The lowest BCUT2D eigenvalue weighted by Gasteiger charge is -2.03. The summed E-state index contributed by atoms with van der Waals surface area (Å²) in [5, 5.41) is 8.85. The number of hydrogen-bond acceptors (Lipinski definition) is 3. The predicted octanol–water partition coefficient (Wildman–Crippen LogP) is 1.27. The Hall–Kier alpha value is -2.04. The summed E-state index contributed by atoms with van der Waals surface area (Å²) in [7, 11) is 0. The normalized spacial score (nSPS) is 10.8. The molecule has 0 aliphatic heterocycles. The number of carboxylic acids is 1. The zero-order valence-electron chi connectivity index (χ0n) is 8.97. The SMILES string of the molecule is CCc1nc2c(N)cccc2n1CC(=O)O. The van der Waals surface area contributed by atoms with E-state index in [9.17, 15) is 4.79 Å². The van der Waals surface area contributed by atoms with Crippen molar-refractivity contribution in [2.45, 2.75) is 19.9 Å². The van der Waals surface area contributed by atoms with Crippen LogP contribution in [0.5, 0.6) is 0 Å². The van der Waals surface area contributed by atoms with Gasteiger partial charge in [-0.3, -0.25) is 4.79 Å². The highest BCUT2D eigenvalue weighted by Crippen LogP contribution is 2.21. The van der Waals surface area contributed by atoms with E-state index >= 15 is 0 Å². The fraction of sp³-hybridized carbons (Fsp3) is 0.273. The number of carboxylic acid groups (broad SMARTS) is 1. The molecule has 84 valence electrons. The van der Waals surface area contributed by atoms with Crippen LogP contribution in [0.1, 0.15) is 12.7 Å². The minimum atomic E-state index is -0.878. The zero-order chi connectivity index (χ0) is 11.7. The summed E-state index contributed by atoms with van der Waals surface area (Å²) in [5.41, 5.74) is 7.84. The molecular weight excluding hydrogens is 206 g/mol.